The van der Waals surface area contributed by atoms with Gasteiger partial charge in [-0.2, -0.15) is 0 Å². The number of hydrogen-bond acceptors (Lipinski definition) is 6. The predicted molar refractivity (Wildman–Crippen MR) is 119 cm³/mol. The van der Waals surface area contributed by atoms with Gasteiger partial charge in [-0.15, -0.1) is 0 Å². The molecule has 0 saturated carbocycles. The first-order chi connectivity index (χ1) is 15.0. The predicted octanol–water partition coefficient (Wildman–Crippen LogP) is 4.09. The molecule has 0 radical (unpaired) electrons. The van der Waals surface area contributed by atoms with Crippen LogP contribution in [-0.4, -0.2) is 55.5 Å². The molecule has 0 atom stereocenters. The minimum atomic E-state index is -0.389. The van der Waals surface area contributed by atoms with Crippen molar-refractivity contribution in [3.05, 3.63) is 64.3 Å². The van der Waals surface area contributed by atoms with Gasteiger partial charge in [-0.25, -0.2) is 4.39 Å². The van der Waals surface area contributed by atoms with Crippen molar-refractivity contribution in [1.29, 1.82) is 0 Å². The Bertz CT molecular complexity index is 1000. The van der Waals surface area contributed by atoms with E-state index in [2.05, 4.69) is 0 Å². The first kappa shape index (κ1) is 21.4. The molecule has 0 aliphatic carbocycles. The van der Waals surface area contributed by atoms with Crippen LogP contribution in [0.3, 0.4) is 0 Å². The van der Waals surface area contributed by atoms with Gasteiger partial charge in [-0.1, -0.05) is 23.8 Å². The number of anilines is 1. The van der Waals surface area contributed by atoms with Crippen molar-refractivity contribution in [3.63, 3.8) is 0 Å². The van der Waals surface area contributed by atoms with E-state index in [0.717, 1.165) is 22.2 Å². The van der Waals surface area contributed by atoms with Crippen LogP contribution in [0.15, 0.2) is 47.4 Å². The second-order valence-electron chi connectivity index (χ2n) is 7.31. The fraction of sp³-hybridized carbons (Fsp3) is 0.304. The lowest BCUT2D eigenvalue weighted by Gasteiger charge is -2.29. The highest BCUT2D eigenvalue weighted by Gasteiger charge is 2.34. The van der Waals surface area contributed by atoms with Crippen molar-refractivity contribution in [2.24, 2.45) is 0 Å². The Morgan fingerprint density at radius 3 is 2.58 bits per heavy atom. The number of thioether (sulfide) groups is 1. The summed E-state index contributed by atoms with van der Waals surface area (Å²) in [6.07, 6.45) is 1.55. The fourth-order valence-corrected chi connectivity index (χ4v) is 4.27. The van der Waals surface area contributed by atoms with E-state index in [1.165, 1.54) is 6.07 Å². The molecule has 2 aromatic rings. The van der Waals surface area contributed by atoms with Crippen molar-refractivity contribution < 1.29 is 23.5 Å². The molecule has 6 nitrogen and oxygen atoms in total. The quantitative estimate of drug-likeness (QED) is 0.629. The molecule has 2 amide bonds. The van der Waals surface area contributed by atoms with E-state index in [-0.39, 0.29) is 35.0 Å². The van der Waals surface area contributed by atoms with E-state index in [4.69, 9.17) is 9.47 Å². The van der Waals surface area contributed by atoms with Gasteiger partial charge in [0.15, 0.2) is 0 Å². The monoisotopic (exact) mass is 442 g/mol. The summed E-state index contributed by atoms with van der Waals surface area (Å²) in [4.78, 5) is 28.3. The summed E-state index contributed by atoms with van der Waals surface area (Å²) in [5.41, 5.74) is 2.18. The van der Waals surface area contributed by atoms with Crippen LogP contribution in [0.2, 0.25) is 0 Å². The molecule has 0 unspecified atom stereocenters. The summed E-state index contributed by atoms with van der Waals surface area (Å²) >= 11 is 0.857. The van der Waals surface area contributed by atoms with Crippen LogP contribution >= 0.6 is 11.8 Å². The molecule has 2 aliphatic rings. The molecule has 2 heterocycles. The lowest BCUT2D eigenvalue weighted by molar-refractivity contribution is -0.123. The number of aryl methyl sites for hydroxylation is 1. The standard InChI is InChI=1S/C23H23FN2O4S/c1-16-2-5-18(6-3-16)30-13-10-26-22(27)21(31-23(26)28)15-17-4-7-20(19(24)14-17)25-8-11-29-12-9-25/h2-7,14-15H,8-13H2,1H3/b21-15-. The first-order valence-corrected chi connectivity index (χ1v) is 10.9. The van der Waals surface area contributed by atoms with E-state index in [9.17, 15) is 14.0 Å². The number of carbonyl (C=O) groups is 2. The van der Waals surface area contributed by atoms with E-state index in [1.54, 1.807) is 18.2 Å². The highest BCUT2D eigenvalue weighted by Crippen LogP contribution is 2.33. The average Bonchev–Trinajstić information content (AvgIpc) is 3.03. The molecule has 8 heteroatoms. The van der Waals surface area contributed by atoms with Gasteiger partial charge >= 0.3 is 0 Å². The van der Waals surface area contributed by atoms with E-state index < -0.39 is 0 Å². The van der Waals surface area contributed by atoms with Crippen molar-refractivity contribution in [3.8, 4) is 5.75 Å². The number of imide groups is 1. The molecule has 0 aromatic heterocycles. The highest BCUT2D eigenvalue weighted by atomic mass is 32.2. The highest BCUT2D eigenvalue weighted by molar-refractivity contribution is 8.18. The van der Waals surface area contributed by atoms with Crippen LogP contribution in [0, 0.1) is 12.7 Å². The normalized spacial score (nSPS) is 18.2. The Labute approximate surface area is 184 Å². The molecule has 0 N–H and O–H groups in total. The molecule has 4 rings (SSSR count). The largest absolute Gasteiger partial charge is 0.492 e. The number of morpholine rings is 1. The maximum Gasteiger partial charge on any atom is 0.293 e. The van der Waals surface area contributed by atoms with Gasteiger partial charge in [-0.05, 0) is 54.6 Å². The Balaban J connectivity index is 1.39. The number of benzene rings is 2. The van der Waals surface area contributed by atoms with Gasteiger partial charge in [0.1, 0.15) is 18.2 Å². The van der Waals surface area contributed by atoms with Crippen LogP contribution in [0.4, 0.5) is 14.9 Å². The maximum absolute atomic E-state index is 14.6. The summed E-state index contributed by atoms with van der Waals surface area (Å²) in [5.74, 6) is -0.0644. The number of hydrogen-bond donors (Lipinski definition) is 0. The fourth-order valence-electron chi connectivity index (χ4n) is 3.41. The molecular formula is C23H23FN2O4S. The smallest absolute Gasteiger partial charge is 0.293 e. The lowest BCUT2D eigenvalue weighted by Crippen LogP contribution is -2.36. The third-order valence-electron chi connectivity index (χ3n) is 5.10. The van der Waals surface area contributed by atoms with Crippen LogP contribution in [-0.2, 0) is 9.53 Å². The third kappa shape index (κ3) is 5.08. The first-order valence-electron chi connectivity index (χ1n) is 10.1. The average molecular weight is 443 g/mol. The van der Waals surface area contributed by atoms with Crippen molar-refractivity contribution >= 4 is 34.7 Å². The molecular weight excluding hydrogens is 419 g/mol. The Morgan fingerprint density at radius 1 is 1.13 bits per heavy atom. The maximum atomic E-state index is 14.6. The minimum absolute atomic E-state index is 0.153. The van der Waals surface area contributed by atoms with Gasteiger partial charge < -0.3 is 14.4 Å². The molecule has 2 aliphatic heterocycles. The lowest BCUT2D eigenvalue weighted by atomic mass is 10.1. The Morgan fingerprint density at radius 2 is 1.87 bits per heavy atom. The molecule has 0 bridgehead atoms. The second kappa shape index (κ2) is 9.53. The van der Waals surface area contributed by atoms with E-state index in [1.807, 2.05) is 36.1 Å². The Hall–Kier alpha value is -2.84. The molecule has 2 aromatic carbocycles. The molecule has 0 spiro atoms. The minimum Gasteiger partial charge on any atom is -0.492 e. The van der Waals surface area contributed by atoms with Gasteiger partial charge in [0, 0.05) is 13.1 Å². The molecule has 2 fully saturated rings. The van der Waals surface area contributed by atoms with Crippen LogP contribution in [0.5, 0.6) is 5.75 Å². The molecule has 31 heavy (non-hydrogen) atoms. The Kier molecular flexibility index (Phi) is 6.58. The zero-order valence-corrected chi connectivity index (χ0v) is 18.0. The number of rotatable bonds is 6. The van der Waals surface area contributed by atoms with E-state index in [0.29, 0.717) is 43.3 Å². The molecule has 2 saturated heterocycles. The summed E-state index contributed by atoms with van der Waals surface area (Å²) in [6.45, 7) is 4.76. The second-order valence-corrected chi connectivity index (χ2v) is 8.30. The van der Waals surface area contributed by atoms with E-state index >= 15 is 0 Å². The number of carbonyl (C=O) groups excluding carboxylic acids is 2. The van der Waals surface area contributed by atoms with Gasteiger partial charge in [0.25, 0.3) is 11.1 Å². The van der Waals surface area contributed by atoms with Crippen LogP contribution in [0.25, 0.3) is 6.08 Å². The number of halogens is 1. The topological polar surface area (TPSA) is 59.1 Å². The van der Waals surface area contributed by atoms with Gasteiger partial charge in [0.2, 0.25) is 0 Å². The number of amides is 2. The summed E-state index contributed by atoms with van der Waals surface area (Å²) < 4.78 is 25.5. The van der Waals surface area contributed by atoms with Gasteiger partial charge in [-0.3, -0.25) is 14.5 Å². The summed E-state index contributed by atoms with van der Waals surface area (Å²) in [5, 5.41) is -0.353. The third-order valence-corrected chi connectivity index (χ3v) is 6.01. The summed E-state index contributed by atoms with van der Waals surface area (Å²) in [7, 11) is 0. The van der Waals surface area contributed by atoms with Crippen LogP contribution in [0.1, 0.15) is 11.1 Å². The van der Waals surface area contributed by atoms with Gasteiger partial charge in [0.05, 0.1) is 30.4 Å². The zero-order chi connectivity index (χ0) is 21.8. The number of ether oxygens (including phenoxy) is 2. The van der Waals surface area contributed by atoms with Crippen molar-refractivity contribution in [2.45, 2.75) is 6.92 Å². The van der Waals surface area contributed by atoms with Crippen molar-refractivity contribution in [1.82, 2.24) is 4.90 Å². The van der Waals surface area contributed by atoms with Crippen LogP contribution < -0.4 is 9.64 Å². The molecule has 162 valence electrons. The number of nitrogens with zero attached hydrogens (tertiary/aromatic N) is 2. The SMILES string of the molecule is Cc1ccc(OCCN2C(=O)S/C(=C\c3ccc(N4CCOCC4)c(F)c3)C2=O)cc1. The van der Waals surface area contributed by atoms with Crippen molar-refractivity contribution in [2.75, 3.05) is 44.4 Å². The summed E-state index contributed by atoms with van der Waals surface area (Å²) in [6, 6.07) is 12.4. The zero-order valence-electron chi connectivity index (χ0n) is 17.2.